The fourth-order valence-corrected chi connectivity index (χ4v) is 2.24. The topological polar surface area (TPSA) is 69.4 Å². The maximum Gasteiger partial charge on any atom is 0.238 e. The van der Waals surface area contributed by atoms with Crippen molar-refractivity contribution < 1.29 is 13.2 Å². The fourth-order valence-electron chi connectivity index (χ4n) is 1.69. The van der Waals surface area contributed by atoms with E-state index in [-0.39, 0.29) is 10.8 Å². The molecule has 2 N–H and O–H groups in total. The highest BCUT2D eigenvalue weighted by Crippen LogP contribution is 2.31. The molecule has 1 aromatic carbocycles. The Balaban J connectivity index is 3.13. The Morgan fingerprint density at radius 1 is 1.47 bits per heavy atom. The quantitative estimate of drug-likeness (QED) is 0.618. The molecule has 0 radical (unpaired) electrons. The van der Waals surface area contributed by atoms with Gasteiger partial charge in [-0.25, -0.2) is 13.6 Å². The van der Waals surface area contributed by atoms with Gasteiger partial charge < -0.3 is 4.74 Å². The Morgan fingerprint density at radius 2 is 2.16 bits per heavy atom. The summed E-state index contributed by atoms with van der Waals surface area (Å²) in [6, 6.07) is 4.75. The van der Waals surface area contributed by atoms with E-state index in [0.717, 1.165) is 18.4 Å². The zero-order valence-corrected chi connectivity index (χ0v) is 12.2. The summed E-state index contributed by atoms with van der Waals surface area (Å²) >= 11 is 0. The maximum atomic E-state index is 11.4. The molecule has 0 aliphatic heterocycles. The predicted octanol–water partition coefficient (Wildman–Crippen LogP) is 2.80. The normalized spacial score (nSPS) is 13.0. The first kappa shape index (κ1) is 15.7. The van der Waals surface area contributed by atoms with Crippen LogP contribution in [-0.4, -0.2) is 15.0 Å². The molecular formula is C14H21NO3S. The van der Waals surface area contributed by atoms with Gasteiger partial charge in [0, 0.05) is 0 Å². The van der Waals surface area contributed by atoms with Gasteiger partial charge in [-0.05, 0) is 42.5 Å². The summed E-state index contributed by atoms with van der Waals surface area (Å²) in [5.74, 6) is 0.920. The largest absolute Gasteiger partial charge is 0.493 e. The summed E-state index contributed by atoms with van der Waals surface area (Å²) in [6.07, 6.45) is 3.42. The zero-order chi connectivity index (χ0) is 14.5. The molecule has 1 atom stereocenters. The minimum atomic E-state index is -3.68. The van der Waals surface area contributed by atoms with Gasteiger partial charge in [0.2, 0.25) is 10.0 Å². The van der Waals surface area contributed by atoms with Gasteiger partial charge in [0.1, 0.15) is 5.75 Å². The van der Waals surface area contributed by atoms with E-state index in [1.165, 1.54) is 6.07 Å². The molecule has 1 rings (SSSR count). The summed E-state index contributed by atoms with van der Waals surface area (Å²) in [5.41, 5.74) is 0.873. The van der Waals surface area contributed by atoms with E-state index in [0.29, 0.717) is 12.4 Å². The second-order valence-corrected chi connectivity index (χ2v) is 6.04. The Bertz CT molecular complexity index is 538. The highest BCUT2D eigenvalue weighted by atomic mass is 32.2. The summed E-state index contributed by atoms with van der Waals surface area (Å²) in [4.78, 5) is 0.124. The van der Waals surface area contributed by atoms with E-state index in [1.807, 2.05) is 13.8 Å². The van der Waals surface area contributed by atoms with Gasteiger partial charge in [-0.2, -0.15) is 0 Å². The molecule has 0 aromatic heterocycles. The van der Waals surface area contributed by atoms with Gasteiger partial charge in [-0.1, -0.05) is 19.9 Å². The van der Waals surface area contributed by atoms with Crippen LogP contribution >= 0.6 is 0 Å². The van der Waals surface area contributed by atoms with Crippen molar-refractivity contribution in [2.75, 3.05) is 6.61 Å². The lowest BCUT2D eigenvalue weighted by Crippen LogP contribution is -2.13. The number of benzene rings is 1. The van der Waals surface area contributed by atoms with Crippen LogP contribution < -0.4 is 9.88 Å². The van der Waals surface area contributed by atoms with Crippen LogP contribution in [0.4, 0.5) is 0 Å². The van der Waals surface area contributed by atoms with Crippen LogP contribution in [0.3, 0.4) is 0 Å². The molecule has 106 valence electrons. The van der Waals surface area contributed by atoms with E-state index >= 15 is 0 Å². The van der Waals surface area contributed by atoms with Crippen molar-refractivity contribution in [1.29, 1.82) is 0 Å². The molecule has 0 spiro atoms. The van der Waals surface area contributed by atoms with Crippen molar-refractivity contribution in [2.24, 2.45) is 5.14 Å². The highest BCUT2D eigenvalue weighted by molar-refractivity contribution is 7.89. The number of sulfonamides is 1. The molecule has 0 heterocycles. The minimum Gasteiger partial charge on any atom is -0.493 e. The van der Waals surface area contributed by atoms with Crippen LogP contribution in [-0.2, 0) is 10.0 Å². The predicted molar refractivity (Wildman–Crippen MR) is 76.8 cm³/mol. The third kappa shape index (κ3) is 4.36. The van der Waals surface area contributed by atoms with Crippen LogP contribution in [0.15, 0.2) is 35.7 Å². The highest BCUT2D eigenvalue weighted by Gasteiger charge is 2.15. The van der Waals surface area contributed by atoms with Crippen molar-refractivity contribution in [3.63, 3.8) is 0 Å². The van der Waals surface area contributed by atoms with Crippen LogP contribution in [0.25, 0.3) is 0 Å². The molecule has 5 heteroatoms. The van der Waals surface area contributed by atoms with Crippen molar-refractivity contribution in [3.8, 4) is 5.75 Å². The molecule has 1 unspecified atom stereocenters. The van der Waals surface area contributed by atoms with Crippen LogP contribution in [0.1, 0.15) is 38.2 Å². The number of hydrogen-bond donors (Lipinski definition) is 1. The SMILES string of the molecule is C=CCCOc1ccc(S(N)(=O)=O)cc1C(C)CC. The number of primary sulfonamides is 1. The lowest BCUT2D eigenvalue weighted by atomic mass is 9.98. The van der Waals surface area contributed by atoms with Gasteiger partial charge in [-0.3, -0.25) is 0 Å². The van der Waals surface area contributed by atoms with E-state index in [4.69, 9.17) is 9.88 Å². The third-order valence-corrected chi connectivity index (χ3v) is 3.94. The van der Waals surface area contributed by atoms with Crippen molar-refractivity contribution in [2.45, 2.75) is 37.5 Å². The smallest absolute Gasteiger partial charge is 0.238 e. The van der Waals surface area contributed by atoms with E-state index < -0.39 is 10.0 Å². The van der Waals surface area contributed by atoms with Gasteiger partial charge >= 0.3 is 0 Å². The monoisotopic (exact) mass is 283 g/mol. The van der Waals surface area contributed by atoms with E-state index in [1.54, 1.807) is 18.2 Å². The second-order valence-electron chi connectivity index (χ2n) is 4.48. The van der Waals surface area contributed by atoms with Crippen LogP contribution in [0.2, 0.25) is 0 Å². The summed E-state index contributed by atoms with van der Waals surface area (Å²) < 4.78 is 28.4. The van der Waals surface area contributed by atoms with E-state index in [2.05, 4.69) is 6.58 Å². The molecule has 19 heavy (non-hydrogen) atoms. The number of ether oxygens (including phenoxy) is 1. The lowest BCUT2D eigenvalue weighted by Gasteiger charge is -2.16. The van der Waals surface area contributed by atoms with Gasteiger partial charge in [-0.15, -0.1) is 6.58 Å². The Kier molecular flexibility index (Phi) is 5.57. The standard InChI is InChI=1S/C14H21NO3S/c1-4-6-9-18-14-8-7-12(19(15,16)17)10-13(14)11(3)5-2/h4,7-8,10-11H,1,5-6,9H2,2-3H3,(H2,15,16,17). The van der Waals surface area contributed by atoms with Crippen molar-refractivity contribution in [3.05, 3.63) is 36.4 Å². The van der Waals surface area contributed by atoms with E-state index in [9.17, 15) is 8.42 Å². The average Bonchev–Trinajstić information content (AvgIpc) is 2.37. The first-order chi connectivity index (χ1) is 8.90. The third-order valence-electron chi connectivity index (χ3n) is 3.03. The van der Waals surface area contributed by atoms with Crippen molar-refractivity contribution in [1.82, 2.24) is 0 Å². The number of hydrogen-bond acceptors (Lipinski definition) is 3. The Labute approximate surface area is 115 Å². The molecule has 0 amide bonds. The molecule has 1 aromatic rings. The van der Waals surface area contributed by atoms with Crippen LogP contribution in [0, 0.1) is 0 Å². The fraction of sp³-hybridized carbons (Fsp3) is 0.429. The first-order valence-electron chi connectivity index (χ1n) is 6.30. The molecule has 4 nitrogen and oxygen atoms in total. The summed E-state index contributed by atoms with van der Waals surface area (Å²) in [7, 11) is -3.68. The molecule has 0 saturated carbocycles. The molecule has 0 saturated heterocycles. The minimum absolute atomic E-state index is 0.124. The Morgan fingerprint density at radius 3 is 2.68 bits per heavy atom. The molecule has 0 fully saturated rings. The first-order valence-corrected chi connectivity index (χ1v) is 7.85. The van der Waals surface area contributed by atoms with Gasteiger partial charge in [0.05, 0.1) is 11.5 Å². The van der Waals surface area contributed by atoms with Crippen LogP contribution in [0.5, 0.6) is 5.75 Å². The van der Waals surface area contributed by atoms with Gasteiger partial charge in [0.25, 0.3) is 0 Å². The molecule has 0 aliphatic carbocycles. The van der Waals surface area contributed by atoms with Crippen molar-refractivity contribution >= 4 is 10.0 Å². The molecule has 0 bridgehead atoms. The lowest BCUT2D eigenvalue weighted by molar-refractivity contribution is 0.319. The zero-order valence-electron chi connectivity index (χ0n) is 11.4. The number of rotatable bonds is 7. The summed E-state index contributed by atoms with van der Waals surface area (Å²) in [6.45, 7) is 8.24. The molecule has 0 aliphatic rings. The molecular weight excluding hydrogens is 262 g/mol. The summed E-state index contributed by atoms with van der Waals surface area (Å²) in [5, 5.41) is 5.16. The maximum absolute atomic E-state index is 11.4. The number of nitrogens with two attached hydrogens (primary N) is 1. The van der Waals surface area contributed by atoms with Gasteiger partial charge in [0.15, 0.2) is 0 Å². The average molecular weight is 283 g/mol. The Hall–Kier alpha value is -1.33. The second kappa shape index (κ2) is 6.73.